The summed E-state index contributed by atoms with van der Waals surface area (Å²) >= 11 is 0. The summed E-state index contributed by atoms with van der Waals surface area (Å²) < 4.78 is 14.2. The Morgan fingerprint density at radius 1 is 1.39 bits per heavy atom. The molecular formula is C12H13FN4O. The van der Waals surface area contributed by atoms with Gasteiger partial charge >= 0.3 is 0 Å². The van der Waals surface area contributed by atoms with Crippen LogP contribution in [0.3, 0.4) is 0 Å². The molecule has 0 unspecified atom stereocenters. The number of halogens is 1. The van der Waals surface area contributed by atoms with E-state index < -0.39 is 0 Å². The predicted octanol–water partition coefficient (Wildman–Crippen LogP) is 1.04. The molecule has 0 saturated heterocycles. The summed E-state index contributed by atoms with van der Waals surface area (Å²) in [7, 11) is 0. The van der Waals surface area contributed by atoms with E-state index in [0.717, 1.165) is 11.3 Å². The molecule has 0 atom stereocenters. The third kappa shape index (κ3) is 3.13. The molecule has 1 N–H and O–H groups in total. The van der Waals surface area contributed by atoms with Gasteiger partial charge in [-0.25, -0.2) is 9.07 Å². The van der Waals surface area contributed by atoms with Gasteiger partial charge in [0.2, 0.25) is 5.91 Å². The molecule has 1 aromatic heterocycles. The van der Waals surface area contributed by atoms with Crippen molar-refractivity contribution >= 4 is 5.91 Å². The van der Waals surface area contributed by atoms with Gasteiger partial charge in [-0.1, -0.05) is 17.3 Å². The summed E-state index contributed by atoms with van der Waals surface area (Å²) in [5.41, 5.74) is 1.67. The van der Waals surface area contributed by atoms with Crippen LogP contribution in [0, 0.1) is 12.7 Å². The molecule has 2 aromatic rings. The van der Waals surface area contributed by atoms with Gasteiger partial charge in [-0.15, -0.1) is 5.10 Å². The fourth-order valence-electron chi connectivity index (χ4n) is 1.46. The van der Waals surface area contributed by atoms with Crippen LogP contribution in [0.15, 0.2) is 30.5 Å². The number of nitrogens with one attached hydrogen (secondary N) is 1. The number of rotatable bonds is 4. The fraction of sp³-hybridized carbons (Fsp3) is 0.250. The average Bonchev–Trinajstić information content (AvgIpc) is 2.74. The van der Waals surface area contributed by atoms with Crippen molar-refractivity contribution in [2.24, 2.45) is 0 Å². The van der Waals surface area contributed by atoms with Gasteiger partial charge in [0, 0.05) is 6.54 Å². The number of benzene rings is 1. The van der Waals surface area contributed by atoms with Crippen molar-refractivity contribution in [3.8, 4) is 0 Å². The first-order valence-corrected chi connectivity index (χ1v) is 5.51. The second kappa shape index (κ2) is 5.39. The van der Waals surface area contributed by atoms with Crippen LogP contribution in [0.4, 0.5) is 4.39 Å². The van der Waals surface area contributed by atoms with E-state index in [1.807, 2.05) is 6.92 Å². The van der Waals surface area contributed by atoms with Gasteiger partial charge in [0.1, 0.15) is 12.4 Å². The largest absolute Gasteiger partial charge is 0.350 e. The number of aryl methyl sites for hydroxylation is 1. The van der Waals surface area contributed by atoms with Crippen LogP contribution >= 0.6 is 0 Å². The molecule has 0 aliphatic rings. The number of hydrogen-bond donors (Lipinski definition) is 1. The fourth-order valence-corrected chi connectivity index (χ4v) is 1.46. The number of hydrogen-bond acceptors (Lipinski definition) is 3. The van der Waals surface area contributed by atoms with E-state index in [4.69, 9.17) is 0 Å². The number of aromatic nitrogens is 3. The quantitative estimate of drug-likeness (QED) is 0.879. The standard InChI is InChI=1S/C12H13FN4O/c1-9-6-15-16-17(9)8-12(18)14-7-10-2-4-11(13)5-3-10/h2-6H,7-8H2,1H3,(H,14,18). The summed E-state index contributed by atoms with van der Waals surface area (Å²) in [6, 6.07) is 6.00. The number of carbonyl (C=O) groups is 1. The third-order valence-electron chi connectivity index (χ3n) is 2.51. The molecular weight excluding hydrogens is 235 g/mol. The van der Waals surface area contributed by atoms with Crippen molar-refractivity contribution in [2.45, 2.75) is 20.0 Å². The lowest BCUT2D eigenvalue weighted by Crippen LogP contribution is -2.27. The molecule has 2 rings (SSSR count). The number of amides is 1. The topological polar surface area (TPSA) is 59.8 Å². The van der Waals surface area contributed by atoms with Crippen LogP contribution in [0.5, 0.6) is 0 Å². The Hall–Kier alpha value is -2.24. The Bertz CT molecular complexity index is 535. The lowest BCUT2D eigenvalue weighted by molar-refractivity contribution is -0.122. The first-order valence-electron chi connectivity index (χ1n) is 5.51. The second-order valence-corrected chi connectivity index (χ2v) is 3.94. The normalized spacial score (nSPS) is 10.3. The van der Waals surface area contributed by atoms with Crippen molar-refractivity contribution < 1.29 is 9.18 Å². The van der Waals surface area contributed by atoms with Crippen LogP contribution < -0.4 is 5.32 Å². The monoisotopic (exact) mass is 248 g/mol. The highest BCUT2D eigenvalue weighted by Gasteiger charge is 2.05. The van der Waals surface area contributed by atoms with Crippen LogP contribution in [0.25, 0.3) is 0 Å². The molecule has 5 nitrogen and oxygen atoms in total. The van der Waals surface area contributed by atoms with Gasteiger partial charge in [-0.05, 0) is 24.6 Å². The molecule has 0 spiro atoms. The summed E-state index contributed by atoms with van der Waals surface area (Å²) in [6.45, 7) is 2.33. The first-order chi connectivity index (χ1) is 8.65. The van der Waals surface area contributed by atoms with Crippen LogP contribution in [-0.2, 0) is 17.9 Å². The molecule has 94 valence electrons. The van der Waals surface area contributed by atoms with Gasteiger partial charge in [0.25, 0.3) is 0 Å². The van der Waals surface area contributed by atoms with Gasteiger partial charge < -0.3 is 5.32 Å². The minimum Gasteiger partial charge on any atom is -0.350 e. The summed E-state index contributed by atoms with van der Waals surface area (Å²) in [5.74, 6) is -0.448. The van der Waals surface area contributed by atoms with Crippen molar-refractivity contribution in [1.82, 2.24) is 20.3 Å². The zero-order chi connectivity index (χ0) is 13.0. The minimum absolute atomic E-state index is 0.132. The lowest BCUT2D eigenvalue weighted by atomic mass is 10.2. The molecule has 18 heavy (non-hydrogen) atoms. The zero-order valence-electron chi connectivity index (χ0n) is 9.93. The highest BCUT2D eigenvalue weighted by Crippen LogP contribution is 2.02. The third-order valence-corrected chi connectivity index (χ3v) is 2.51. The van der Waals surface area contributed by atoms with Crippen LogP contribution in [-0.4, -0.2) is 20.9 Å². The highest BCUT2D eigenvalue weighted by molar-refractivity contribution is 5.75. The van der Waals surface area contributed by atoms with E-state index in [2.05, 4.69) is 15.6 Å². The number of nitrogens with zero attached hydrogens (tertiary/aromatic N) is 3. The molecule has 0 radical (unpaired) electrons. The molecule has 0 aliphatic carbocycles. The van der Waals surface area contributed by atoms with Crippen LogP contribution in [0.2, 0.25) is 0 Å². The molecule has 0 bridgehead atoms. The van der Waals surface area contributed by atoms with Crippen LogP contribution in [0.1, 0.15) is 11.3 Å². The van der Waals surface area contributed by atoms with Crippen molar-refractivity contribution in [2.75, 3.05) is 0 Å². The lowest BCUT2D eigenvalue weighted by Gasteiger charge is -2.06. The molecule has 1 amide bonds. The highest BCUT2D eigenvalue weighted by atomic mass is 19.1. The average molecular weight is 248 g/mol. The molecule has 0 saturated carbocycles. The SMILES string of the molecule is Cc1cnnn1CC(=O)NCc1ccc(F)cc1. The summed E-state index contributed by atoms with van der Waals surface area (Å²) in [4.78, 5) is 11.6. The smallest absolute Gasteiger partial charge is 0.242 e. The Morgan fingerprint density at radius 2 is 2.11 bits per heavy atom. The maximum atomic E-state index is 12.7. The Labute approximate surface area is 104 Å². The maximum Gasteiger partial charge on any atom is 0.242 e. The summed E-state index contributed by atoms with van der Waals surface area (Å²) in [5, 5.41) is 10.2. The molecule has 1 aromatic carbocycles. The van der Waals surface area contributed by atoms with E-state index in [0.29, 0.717) is 6.54 Å². The first kappa shape index (κ1) is 12.2. The van der Waals surface area contributed by atoms with Gasteiger partial charge in [-0.3, -0.25) is 4.79 Å². The van der Waals surface area contributed by atoms with Crippen molar-refractivity contribution in [3.63, 3.8) is 0 Å². The Morgan fingerprint density at radius 3 is 2.72 bits per heavy atom. The second-order valence-electron chi connectivity index (χ2n) is 3.94. The van der Waals surface area contributed by atoms with Gasteiger partial charge in [0.05, 0.1) is 11.9 Å². The zero-order valence-corrected chi connectivity index (χ0v) is 9.93. The minimum atomic E-state index is -0.289. The van der Waals surface area contributed by atoms with Crippen molar-refractivity contribution in [1.29, 1.82) is 0 Å². The van der Waals surface area contributed by atoms with E-state index >= 15 is 0 Å². The van der Waals surface area contributed by atoms with E-state index in [9.17, 15) is 9.18 Å². The Balaban J connectivity index is 1.85. The molecule has 1 heterocycles. The Kier molecular flexibility index (Phi) is 3.66. The predicted molar refractivity (Wildman–Crippen MR) is 63.0 cm³/mol. The molecule has 0 aliphatic heterocycles. The van der Waals surface area contributed by atoms with E-state index in [1.54, 1.807) is 18.3 Å². The summed E-state index contributed by atoms with van der Waals surface area (Å²) in [6.07, 6.45) is 1.59. The van der Waals surface area contributed by atoms with Gasteiger partial charge in [-0.2, -0.15) is 0 Å². The molecule has 6 heteroatoms. The number of carbonyl (C=O) groups excluding carboxylic acids is 1. The van der Waals surface area contributed by atoms with E-state index in [-0.39, 0.29) is 18.3 Å². The van der Waals surface area contributed by atoms with Crippen molar-refractivity contribution in [3.05, 3.63) is 47.5 Å². The molecule has 0 fully saturated rings. The van der Waals surface area contributed by atoms with Gasteiger partial charge in [0.15, 0.2) is 0 Å². The van der Waals surface area contributed by atoms with E-state index in [1.165, 1.54) is 16.8 Å². The maximum absolute atomic E-state index is 12.7.